The molecule has 0 aliphatic carbocycles. The molecule has 1 spiro atoms. The van der Waals surface area contributed by atoms with E-state index >= 15 is 0 Å². The van der Waals surface area contributed by atoms with Crippen molar-refractivity contribution in [2.45, 2.75) is 24.6 Å². The van der Waals surface area contributed by atoms with Crippen LogP contribution in [0.5, 0.6) is 0 Å². The minimum Gasteiger partial charge on any atom is -0.450 e. The highest BCUT2D eigenvalue weighted by atomic mass is 19.4. The Morgan fingerprint density at radius 2 is 1.74 bits per heavy atom. The molecule has 1 saturated heterocycles. The van der Waals surface area contributed by atoms with Crippen molar-refractivity contribution in [2.24, 2.45) is 0 Å². The first-order valence-electron chi connectivity index (χ1n) is 8.60. The van der Waals surface area contributed by atoms with E-state index in [1.807, 2.05) is 12.1 Å². The fourth-order valence-electron chi connectivity index (χ4n) is 3.80. The molecule has 4 rings (SSSR count). The third-order valence-electron chi connectivity index (χ3n) is 5.22. The summed E-state index contributed by atoms with van der Waals surface area (Å²) in [5.74, 6) is -0.822. The van der Waals surface area contributed by atoms with Gasteiger partial charge in [0.15, 0.2) is 0 Å². The molecule has 0 aromatic heterocycles. The quantitative estimate of drug-likeness (QED) is 0.708. The molecule has 4 nitrogen and oxygen atoms in total. The first-order chi connectivity index (χ1) is 12.8. The van der Waals surface area contributed by atoms with Crippen molar-refractivity contribution in [3.05, 3.63) is 70.8 Å². The maximum atomic E-state index is 12.9. The molecule has 0 saturated carbocycles. The summed E-state index contributed by atoms with van der Waals surface area (Å²) in [4.78, 5) is 26.3. The van der Waals surface area contributed by atoms with Gasteiger partial charge in [-0.3, -0.25) is 4.79 Å². The van der Waals surface area contributed by atoms with Crippen LogP contribution in [0.15, 0.2) is 48.5 Å². The van der Waals surface area contributed by atoms with E-state index in [4.69, 9.17) is 4.74 Å². The van der Waals surface area contributed by atoms with Crippen molar-refractivity contribution in [1.29, 1.82) is 0 Å². The Kier molecular flexibility index (Phi) is 3.98. The number of hydrogen-bond acceptors (Lipinski definition) is 3. The Bertz CT molecular complexity index is 915. The van der Waals surface area contributed by atoms with Crippen molar-refractivity contribution < 1.29 is 27.5 Å². The second-order valence-corrected chi connectivity index (χ2v) is 6.80. The molecule has 1 amide bonds. The number of alkyl halides is 3. The number of piperidine rings is 1. The second kappa shape index (κ2) is 6.11. The number of likely N-dealkylation sites (tertiary alicyclic amines) is 1. The van der Waals surface area contributed by atoms with Crippen molar-refractivity contribution >= 4 is 11.9 Å². The lowest BCUT2D eigenvalue weighted by atomic mass is 9.83. The summed E-state index contributed by atoms with van der Waals surface area (Å²) in [6.07, 6.45) is -3.66. The Balaban J connectivity index is 1.52. The first kappa shape index (κ1) is 17.6. The van der Waals surface area contributed by atoms with E-state index in [1.54, 1.807) is 12.1 Å². The number of rotatable bonds is 1. The van der Waals surface area contributed by atoms with Crippen LogP contribution in [0, 0.1) is 0 Å². The predicted octanol–water partition coefficient (Wildman–Crippen LogP) is 4.01. The summed E-state index contributed by atoms with van der Waals surface area (Å²) in [5.41, 5.74) is -0.237. The van der Waals surface area contributed by atoms with Gasteiger partial charge in [-0.2, -0.15) is 13.2 Å². The largest absolute Gasteiger partial charge is 0.450 e. The summed E-state index contributed by atoms with van der Waals surface area (Å²) >= 11 is 0. The van der Waals surface area contributed by atoms with Crippen molar-refractivity contribution in [2.75, 3.05) is 13.1 Å². The highest BCUT2D eigenvalue weighted by Crippen LogP contribution is 2.44. The van der Waals surface area contributed by atoms with E-state index in [0.717, 1.165) is 17.7 Å². The van der Waals surface area contributed by atoms with Crippen LogP contribution in [0.2, 0.25) is 0 Å². The Morgan fingerprint density at radius 1 is 1.04 bits per heavy atom. The molecule has 0 radical (unpaired) electrons. The van der Waals surface area contributed by atoms with Crippen LogP contribution in [0.1, 0.15) is 44.7 Å². The molecule has 0 N–H and O–H groups in total. The zero-order chi connectivity index (χ0) is 19.2. The summed E-state index contributed by atoms with van der Waals surface area (Å²) in [6, 6.07) is 11.6. The Hall–Kier alpha value is -2.83. The summed E-state index contributed by atoms with van der Waals surface area (Å²) in [5, 5.41) is 0. The van der Waals surface area contributed by atoms with E-state index in [-0.39, 0.29) is 11.5 Å². The second-order valence-electron chi connectivity index (χ2n) is 6.80. The van der Waals surface area contributed by atoms with Gasteiger partial charge in [0.25, 0.3) is 5.91 Å². The molecule has 0 unspecified atom stereocenters. The molecule has 2 aliphatic rings. The maximum absolute atomic E-state index is 12.9. The SMILES string of the molecule is O=C1OC2(CCN(C(=O)c3cccc(C(F)(F)F)c3)CC2)c2ccccc21. The third-order valence-corrected chi connectivity index (χ3v) is 5.22. The summed E-state index contributed by atoms with van der Waals surface area (Å²) in [7, 11) is 0. The number of carbonyl (C=O) groups excluding carboxylic acids is 2. The van der Waals surface area contributed by atoms with Gasteiger partial charge in [-0.1, -0.05) is 24.3 Å². The molecule has 2 aromatic rings. The fourth-order valence-corrected chi connectivity index (χ4v) is 3.80. The number of amides is 1. The summed E-state index contributed by atoms with van der Waals surface area (Å²) in [6.45, 7) is 0.605. The zero-order valence-electron chi connectivity index (χ0n) is 14.3. The van der Waals surface area contributed by atoms with E-state index in [9.17, 15) is 22.8 Å². The molecule has 1 fully saturated rings. The van der Waals surface area contributed by atoms with Gasteiger partial charge in [0, 0.05) is 37.1 Å². The summed E-state index contributed by atoms with van der Waals surface area (Å²) < 4.78 is 44.3. The molecule has 27 heavy (non-hydrogen) atoms. The lowest BCUT2D eigenvalue weighted by Gasteiger charge is -2.38. The maximum Gasteiger partial charge on any atom is 0.416 e. The van der Waals surface area contributed by atoms with Crippen molar-refractivity contribution in [1.82, 2.24) is 4.90 Å². The van der Waals surface area contributed by atoms with E-state index in [2.05, 4.69) is 0 Å². The van der Waals surface area contributed by atoms with E-state index in [1.165, 1.54) is 17.0 Å². The van der Waals surface area contributed by atoms with Crippen LogP contribution >= 0.6 is 0 Å². The highest BCUT2D eigenvalue weighted by molar-refractivity contribution is 5.96. The standard InChI is InChI=1S/C20H16F3NO3/c21-20(22,23)14-5-3-4-13(12-14)17(25)24-10-8-19(9-11-24)16-7-2-1-6-15(16)18(26)27-19/h1-7,12H,8-11H2. The van der Waals surface area contributed by atoms with Crippen LogP contribution in [0.4, 0.5) is 13.2 Å². The lowest BCUT2D eigenvalue weighted by Crippen LogP contribution is -2.45. The van der Waals surface area contributed by atoms with Crippen LogP contribution in [-0.4, -0.2) is 29.9 Å². The molecular formula is C20H16F3NO3. The molecule has 2 heterocycles. The number of esters is 1. The van der Waals surface area contributed by atoms with Crippen LogP contribution < -0.4 is 0 Å². The number of hydrogen-bond donors (Lipinski definition) is 0. The average molecular weight is 375 g/mol. The van der Waals surface area contributed by atoms with Crippen LogP contribution in [-0.2, 0) is 16.5 Å². The third kappa shape index (κ3) is 2.97. The number of fused-ring (bicyclic) bond motifs is 2. The van der Waals surface area contributed by atoms with Gasteiger partial charge < -0.3 is 9.64 Å². The molecule has 0 atom stereocenters. The lowest BCUT2D eigenvalue weighted by molar-refractivity contribution is -0.137. The molecule has 2 aromatic carbocycles. The van der Waals surface area contributed by atoms with Gasteiger partial charge in [-0.05, 0) is 24.3 Å². The average Bonchev–Trinajstić information content (AvgIpc) is 2.93. The monoisotopic (exact) mass is 375 g/mol. The number of ether oxygens (including phenoxy) is 1. The Morgan fingerprint density at radius 3 is 2.44 bits per heavy atom. The normalized spacial score (nSPS) is 18.3. The number of nitrogens with zero attached hydrogens (tertiary/aromatic N) is 1. The topological polar surface area (TPSA) is 46.6 Å². The van der Waals surface area contributed by atoms with Crippen LogP contribution in [0.3, 0.4) is 0 Å². The molecule has 7 heteroatoms. The fraction of sp³-hybridized carbons (Fsp3) is 0.300. The molecule has 0 bridgehead atoms. The smallest absolute Gasteiger partial charge is 0.416 e. The predicted molar refractivity (Wildman–Crippen MR) is 90.1 cm³/mol. The number of benzene rings is 2. The zero-order valence-corrected chi connectivity index (χ0v) is 14.3. The van der Waals surface area contributed by atoms with Gasteiger partial charge in [0.2, 0.25) is 0 Å². The number of halogens is 3. The van der Waals surface area contributed by atoms with Gasteiger partial charge in [-0.25, -0.2) is 4.79 Å². The van der Waals surface area contributed by atoms with Gasteiger partial charge in [0.05, 0.1) is 11.1 Å². The van der Waals surface area contributed by atoms with Gasteiger partial charge >= 0.3 is 12.1 Å². The van der Waals surface area contributed by atoms with E-state index in [0.29, 0.717) is 31.5 Å². The number of carbonyl (C=O) groups is 2. The highest BCUT2D eigenvalue weighted by Gasteiger charge is 2.47. The minimum atomic E-state index is -4.50. The van der Waals surface area contributed by atoms with Crippen molar-refractivity contribution in [3.63, 3.8) is 0 Å². The minimum absolute atomic E-state index is 0.00425. The molecule has 140 valence electrons. The van der Waals surface area contributed by atoms with Gasteiger partial charge in [0.1, 0.15) is 5.60 Å². The first-order valence-corrected chi connectivity index (χ1v) is 8.60. The molecular weight excluding hydrogens is 359 g/mol. The van der Waals surface area contributed by atoms with Gasteiger partial charge in [-0.15, -0.1) is 0 Å². The van der Waals surface area contributed by atoms with E-state index < -0.39 is 23.2 Å². The van der Waals surface area contributed by atoms with Crippen LogP contribution in [0.25, 0.3) is 0 Å². The Labute approximate surface area is 153 Å². The molecule has 2 aliphatic heterocycles. The van der Waals surface area contributed by atoms with Crippen molar-refractivity contribution in [3.8, 4) is 0 Å².